The number of hydrogen-bond donors (Lipinski definition) is 0. The monoisotopic (exact) mass is 481 g/mol. The van der Waals surface area contributed by atoms with Gasteiger partial charge in [-0.2, -0.15) is 0 Å². The molecule has 0 radical (unpaired) electrons. The summed E-state index contributed by atoms with van der Waals surface area (Å²) in [6, 6.07) is 6.77. The zero-order valence-corrected chi connectivity index (χ0v) is 23.1. The second-order valence-electron chi connectivity index (χ2n) is 11.1. The fraction of sp³-hybridized carbons (Fsp3) is 0.719. The number of anilines is 1. The third-order valence-corrected chi connectivity index (χ3v) is 8.42. The zero-order chi connectivity index (χ0) is 25.0. The fourth-order valence-corrected chi connectivity index (χ4v) is 5.94. The summed E-state index contributed by atoms with van der Waals surface area (Å²) in [7, 11) is 0. The standard InChI is InChI=1S/C32H51NO2/c1-5-9-13-25(7-3)23-33(24-26(8-4)14-10-6-2)29-18-17-28-21-30(27-15-11-12-16-27)31(34)19-20-35-32(28)22-29/h17-18,21-22,25-27H,5-16,19-20,23-24H2,1-4H3. The quantitative estimate of drug-likeness (QED) is 0.266. The maximum Gasteiger partial charge on any atom is 0.162 e. The van der Waals surface area contributed by atoms with Crippen LogP contribution < -0.4 is 9.64 Å². The van der Waals surface area contributed by atoms with Crippen molar-refractivity contribution in [1.29, 1.82) is 0 Å². The molecule has 1 heterocycles. The number of rotatable bonds is 14. The van der Waals surface area contributed by atoms with E-state index in [9.17, 15) is 4.79 Å². The molecule has 1 aliphatic heterocycles. The Kier molecular flexibility index (Phi) is 11.7. The molecule has 1 aliphatic carbocycles. The summed E-state index contributed by atoms with van der Waals surface area (Å²) in [6.45, 7) is 12.0. The first kappa shape index (κ1) is 27.8. The molecule has 0 N–H and O–H groups in total. The minimum Gasteiger partial charge on any atom is -0.492 e. The summed E-state index contributed by atoms with van der Waals surface area (Å²) in [6.07, 6.45) is 17.7. The summed E-state index contributed by atoms with van der Waals surface area (Å²) in [5.41, 5.74) is 3.42. The van der Waals surface area contributed by atoms with Crippen molar-refractivity contribution in [2.24, 2.45) is 17.8 Å². The van der Waals surface area contributed by atoms with E-state index in [1.54, 1.807) is 0 Å². The summed E-state index contributed by atoms with van der Waals surface area (Å²) in [5, 5.41) is 0. The van der Waals surface area contributed by atoms with Crippen molar-refractivity contribution in [2.75, 3.05) is 24.6 Å². The number of allylic oxidation sites excluding steroid dienone is 1. The van der Waals surface area contributed by atoms with Gasteiger partial charge in [0.05, 0.1) is 6.61 Å². The average molecular weight is 482 g/mol. The minimum absolute atomic E-state index is 0.289. The van der Waals surface area contributed by atoms with Crippen LogP contribution in [0, 0.1) is 17.8 Å². The Morgan fingerprint density at radius 2 is 1.57 bits per heavy atom. The van der Waals surface area contributed by atoms with Crippen molar-refractivity contribution >= 4 is 17.5 Å². The van der Waals surface area contributed by atoms with Crippen LogP contribution in [-0.4, -0.2) is 25.5 Å². The number of ketones is 1. The second kappa shape index (κ2) is 14.7. The molecular weight excluding hydrogens is 430 g/mol. The van der Waals surface area contributed by atoms with Crippen LogP contribution in [0.3, 0.4) is 0 Å². The largest absolute Gasteiger partial charge is 0.492 e. The van der Waals surface area contributed by atoms with Crippen molar-refractivity contribution in [3.8, 4) is 5.75 Å². The van der Waals surface area contributed by atoms with Crippen LogP contribution in [0.4, 0.5) is 5.69 Å². The topological polar surface area (TPSA) is 29.5 Å². The number of ether oxygens (including phenoxy) is 1. The first-order valence-corrected chi connectivity index (χ1v) is 14.9. The highest BCUT2D eigenvalue weighted by Gasteiger charge is 2.26. The van der Waals surface area contributed by atoms with Gasteiger partial charge in [-0.25, -0.2) is 0 Å². The van der Waals surface area contributed by atoms with Crippen LogP contribution in [0.5, 0.6) is 5.75 Å². The highest BCUT2D eigenvalue weighted by Crippen LogP contribution is 2.37. The maximum atomic E-state index is 12.9. The van der Waals surface area contributed by atoms with Crippen molar-refractivity contribution in [3.05, 3.63) is 29.3 Å². The average Bonchev–Trinajstić information content (AvgIpc) is 3.40. The van der Waals surface area contributed by atoms with Gasteiger partial charge in [0, 0.05) is 36.8 Å². The van der Waals surface area contributed by atoms with Crippen LogP contribution in [0.1, 0.15) is 117 Å². The van der Waals surface area contributed by atoms with Gasteiger partial charge in [0.1, 0.15) is 5.75 Å². The third-order valence-electron chi connectivity index (χ3n) is 8.42. The molecule has 0 amide bonds. The van der Waals surface area contributed by atoms with Crippen LogP contribution in [-0.2, 0) is 4.79 Å². The normalized spacial score (nSPS) is 18.3. The summed E-state index contributed by atoms with van der Waals surface area (Å²) >= 11 is 0. The molecule has 3 heteroatoms. The number of carbonyl (C=O) groups is 1. The first-order chi connectivity index (χ1) is 17.1. The summed E-state index contributed by atoms with van der Waals surface area (Å²) < 4.78 is 6.20. The van der Waals surface area contributed by atoms with Gasteiger partial charge >= 0.3 is 0 Å². The van der Waals surface area contributed by atoms with Crippen LogP contribution >= 0.6 is 0 Å². The zero-order valence-electron chi connectivity index (χ0n) is 23.1. The smallest absolute Gasteiger partial charge is 0.162 e. The van der Waals surface area contributed by atoms with Crippen molar-refractivity contribution < 1.29 is 9.53 Å². The van der Waals surface area contributed by atoms with Crippen LogP contribution in [0.25, 0.3) is 6.08 Å². The second-order valence-corrected chi connectivity index (χ2v) is 11.1. The van der Waals surface area contributed by atoms with Crippen LogP contribution in [0.2, 0.25) is 0 Å². The predicted molar refractivity (Wildman–Crippen MR) is 150 cm³/mol. The highest BCUT2D eigenvalue weighted by atomic mass is 16.5. The van der Waals surface area contributed by atoms with E-state index in [0.717, 1.165) is 54.7 Å². The van der Waals surface area contributed by atoms with Gasteiger partial charge in [0.25, 0.3) is 0 Å². The van der Waals surface area contributed by atoms with Gasteiger partial charge < -0.3 is 9.64 Å². The van der Waals surface area contributed by atoms with E-state index in [2.05, 4.69) is 56.9 Å². The molecule has 3 nitrogen and oxygen atoms in total. The lowest BCUT2D eigenvalue weighted by atomic mass is 9.90. The summed E-state index contributed by atoms with van der Waals surface area (Å²) in [5.74, 6) is 3.15. The number of hydrogen-bond acceptors (Lipinski definition) is 3. The van der Waals surface area contributed by atoms with E-state index >= 15 is 0 Å². The lowest BCUT2D eigenvalue weighted by Gasteiger charge is -2.33. The molecule has 2 atom stereocenters. The fourth-order valence-electron chi connectivity index (χ4n) is 5.94. The molecule has 3 rings (SSSR count). The Labute approximate surface area is 215 Å². The Bertz CT molecular complexity index is 790. The van der Waals surface area contributed by atoms with Crippen molar-refractivity contribution in [2.45, 2.75) is 111 Å². The lowest BCUT2D eigenvalue weighted by Crippen LogP contribution is -2.34. The minimum atomic E-state index is 0.289. The molecule has 0 spiro atoms. The molecule has 2 aliphatic rings. The van der Waals surface area contributed by atoms with Gasteiger partial charge in [-0.3, -0.25) is 4.79 Å². The van der Waals surface area contributed by atoms with Crippen molar-refractivity contribution in [3.63, 3.8) is 0 Å². The molecule has 1 aromatic carbocycles. The Morgan fingerprint density at radius 3 is 2.14 bits per heavy atom. The van der Waals surface area contributed by atoms with E-state index in [1.807, 2.05) is 0 Å². The Morgan fingerprint density at radius 1 is 0.943 bits per heavy atom. The molecule has 1 aromatic rings. The molecule has 196 valence electrons. The molecule has 1 fully saturated rings. The van der Waals surface area contributed by atoms with Gasteiger partial charge in [-0.1, -0.05) is 79.1 Å². The van der Waals surface area contributed by atoms with E-state index in [0.29, 0.717) is 18.9 Å². The van der Waals surface area contributed by atoms with E-state index in [1.165, 1.54) is 69.9 Å². The van der Waals surface area contributed by atoms with Gasteiger partial charge in [0.15, 0.2) is 5.78 Å². The van der Waals surface area contributed by atoms with Gasteiger partial charge in [-0.15, -0.1) is 0 Å². The number of carbonyl (C=O) groups excluding carboxylic acids is 1. The highest BCUT2D eigenvalue weighted by molar-refractivity contribution is 6.00. The molecule has 35 heavy (non-hydrogen) atoms. The van der Waals surface area contributed by atoms with Gasteiger partial charge in [-0.05, 0) is 67.2 Å². The molecule has 1 saturated carbocycles. The molecule has 0 bridgehead atoms. The Hall–Kier alpha value is -1.77. The molecule has 0 saturated heterocycles. The lowest BCUT2D eigenvalue weighted by molar-refractivity contribution is -0.116. The number of benzene rings is 1. The maximum absolute atomic E-state index is 12.9. The number of Topliss-reactive ketones (excluding diaryl/α,β-unsaturated/α-hetero) is 1. The molecule has 0 aromatic heterocycles. The number of nitrogens with zero attached hydrogens (tertiary/aromatic N) is 1. The van der Waals surface area contributed by atoms with E-state index in [-0.39, 0.29) is 5.78 Å². The predicted octanol–water partition coefficient (Wildman–Crippen LogP) is 8.85. The third kappa shape index (κ3) is 8.12. The van der Waals surface area contributed by atoms with Crippen molar-refractivity contribution in [1.82, 2.24) is 0 Å². The van der Waals surface area contributed by atoms with Gasteiger partial charge in [0.2, 0.25) is 0 Å². The SMILES string of the molecule is CCCCC(CC)CN(CC(CC)CCCC)c1ccc2c(c1)OCCC(=O)C(C1CCCC1)=C2. The first-order valence-electron chi connectivity index (χ1n) is 14.9. The number of fused-ring (bicyclic) bond motifs is 1. The molecular formula is C32H51NO2. The molecule has 2 unspecified atom stereocenters. The Balaban J connectivity index is 1.89. The van der Waals surface area contributed by atoms with E-state index < -0.39 is 0 Å². The number of unbranched alkanes of at least 4 members (excludes halogenated alkanes) is 2. The summed E-state index contributed by atoms with van der Waals surface area (Å²) in [4.78, 5) is 15.5. The van der Waals surface area contributed by atoms with E-state index in [4.69, 9.17) is 4.74 Å². The van der Waals surface area contributed by atoms with Crippen LogP contribution in [0.15, 0.2) is 23.8 Å².